The Morgan fingerprint density at radius 1 is 1.22 bits per heavy atom. The average molecular weight is 377 g/mol. The molecule has 0 aromatic heterocycles. The van der Waals surface area contributed by atoms with Gasteiger partial charge in [0.05, 0.1) is 15.4 Å². The summed E-state index contributed by atoms with van der Waals surface area (Å²) >= 11 is 0. The highest BCUT2D eigenvalue weighted by atomic mass is 28.4. The molecule has 0 heterocycles. The lowest BCUT2D eigenvalue weighted by Gasteiger charge is -2.34. The molecule has 0 amide bonds. The van der Waals surface area contributed by atoms with E-state index < -0.39 is 25.7 Å². The highest BCUT2D eigenvalue weighted by Crippen LogP contribution is 2.21. The molecule has 0 aliphatic carbocycles. The van der Waals surface area contributed by atoms with Crippen LogP contribution < -0.4 is 0 Å². The third-order valence-corrected chi connectivity index (χ3v) is 12.7. The van der Waals surface area contributed by atoms with Crippen LogP contribution in [0.2, 0.25) is 44.8 Å². The summed E-state index contributed by atoms with van der Waals surface area (Å²) in [5.74, 6) is -0.336. The molecule has 0 saturated heterocycles. The third-order valence-electron chi connectivity index (χ3n) is 3.62. The zero-order chi connectivity index (χ0) is 17.9. The van der Waals surface area contributed by atoms with Gasteiger partial charge in [-0.2, -0.15) is 0 Å². The van der Waals surface area contributed by atoms with Crippen molar-refractivity contribution in [3.05, 3.63) is 12.7 Å². The fourth-order valence-electron chi connectivity index (χ4n) is 2.44. The van der Waals surface area contributed by atoms with Crippen LogP contribution in [0.3, 0.4) is 0 Å². The van der Waals surface area contributed by atoms with Crippen molar-refractivity contribution >= 4 is 31.6 Å². The molecule has 0 aliphatic rings. The number of carbonyl (C=O) groups is 1. The molecule has 0 rings (SSSR count). The van der Waals surface area contributed by atoms with Gasteiger partial charge in [0.1, 0.15) is 0 Å². The van der Waals surface area contributed by atoms with Crippen LogP contribution in [0.4, 0.5) is 0 Å². The van der Waals surface area contributed by atoms with Gasteiger partial charge < -0.3 is 13.3 Å². The standard InChI is InChI=1S/C16H36O4Si3/c1-8-10-14-22(4,5)20-23(6,7)19-15-21(3)13-11-12-18-16(17)9-2/h9,21H,2,8,10-15H2,1,3-7H3. The van der Waals surface area contributed by atoms with Gasteiger partial charge in [0.2, 0.25) is 0 Å². The van der Waals surface area contributed by atoms with E-state index in [2.05, 4.69) is 46.2 Å². The van der Waals surface area contributed by atoms with E-state index in [1.165, 1.54) is 25.0 Å². The first-order valence-corrected chi connectivity index (χ1v) is 17.5. The molecule has 0 aliphatic heterocycles. The Kier molecular flexibility index (Phi) is 11.2. The highest BCUT2D eigenvalue weighted by molar-refractivity contribution is 6.82. The Hall–Kier alpha value is -0.219. The Morgan fingerprint density at radius 2 is 1.87 bits per heavy atom. The fraction of sp³-hybridized carbons (Fsp3) is 0.812. The second-order valence-corrected chi connectivity index (χ2v) is 18.3. The summed E-state index contributed by atoms with van der Waals surface area (Å²) in [5, 5.41) is 0. The zero-order valence-corrected chi connectivity index (χ0v) is 19.1. The summed E-state index contributed by atoms with van der Waals surface area (Å²) in [6.07, 6.45) is 5.45. The summed E-state index contributed by atoms with van der Waals surface area (Å²) in [4.78, 5) is 11.0. The number of ether oxygens (including phenoxy) is 1. The second kappa shape index (κ2) is 11.4. The molecule has 136 valence electrons. The molecule has 0 fully saturated rings. The first-order chi connectivity index (χ1) is 10.6. The summed E-state index contributed by atoms with van der Waals surface area (Å²) in [6, 6.07) is 2.33. The molecule has 0 N–H and O–H groups in total. The van der Waals surface area contributed by atoms with Crippen LogP contribution in [0, 0.1) is 0 Å². The highest BCUT2D eigenvalue weighted by Gasteiger charge is 2.34. The van der Waals surface area contributed by atoms with E-state index in [1.54, 1.807) is 0 Å². The van der Waals surface area contributed by atoms with Crippen LogP contribution in [0.15, 0.2) is 12.7 Å². The Morgan fingerprint density at radius 3 is 2.43 bits per heavy atom. The quantitative estimate of drug-likeness (QED) is 0.209. The predicted molar refractivity (Wildman–Crippen MR) is 105 cm³/mol. The molecule has 0 aromatic carbocycles. The minimum Gasteiger partial charge on any atom is -0.463 e. The van der Waals surface area contributed by atoms with Gasteiger partial charge in [-0.05, 0) is 38.7 Å². The Bertz CT molecular complexity index is 359. The normalized spacial score (nSPS) is 13.7. The van der Waals surface area contributed by atoms with Gasteiger partial charge in [-0.25, -0.2) is 4.79 Å². The van der Waals surface area contributed by atoms with Crippen molar-refractivity contribution in [1.82, 2.24) is 0 Å². The molecule has 1 unspecified atom stereocenters. The molecular weight excluding hydrogens is 340 g/mol. The van der Waals surface area contributed by atoms with Crippen LogP contribution in [-0.4, -0.2) is 44.5 Å². The number of carbonyl (C=O) groups excluding carboxylic acids is 1. The van der Waals surface area contributed by atoms with Crippen molar-refractivity contribution in [1.29, 1.82) is 0 Å². The van der Waals surface area contributed by atoms with Gasteiger partial charge in [0.15, 0.2) is 8.32 Å². The van der Waals surface area contributed by atoms with Gasteiger partial charge >= 0.3 is 14.5 Å². The van der Waals surface area contributed by atoms with Crippen molar-refractivity contribution < 1.29 is 18.1 Å². The van der Waals surface area contributed by atoms with Crippen LogP contribution in [0.5, 0.6) is 0 Å². The van der Waals surface area contributed by atoms with Crippen molar-refractivity contribution in [2.75, 3.05) is 12.8 Å². The molecule has 23 heavy (non-hydrogen) atoms. The van der Waals surface area contributed by atoms with Gasteiger partial charge in [-0.1, -0.05) is 38.9 Å². The molecule has 0 bridgehead atoms. The Labute approximate surface area is 146 Å². The van der Waals surface area contributed by atoms with E-state index in [9.17, 15) is 4.79 Å². The molecule has 1 atom stereocenters. The van der Waals surface area contributed by atoms with Gasteiger partial charge in [0, 0.05) is 12.3 Å². The van der Waals surface area contributed by atoms with Crippen molar-refractivity contribution in [3.8, 4) is 0 Å². The predicted octanol–water partition coefficient (Wildman–Crippen LogP) is 4.24. The van der Waals surface area contributed by atoms with E-state index in [0.717, 1.165) is 18.7 Å². The maximum atomic E-state index is 11.0. The second-order valence-electron chi connectivity index (χ2n) is 7.30. The molecular formula is C16H36O4Si3. The molecule has 7 heteroatoms. The van der Waals surface area contributed by atoms with Crippen molar-refractivity contribution in [3.63, 3.8) is 0 Å². The largest absolute Gasteiger partial charge is 0.463 e. The van der Waals surface area contributed by atoms with Crippen LogP contribution in [0.1, 0.15) is 26.2 Å². The van der Waals surface area contributed by atoms with E-state index >= 15 is 0 Å². The first-order valence-electron chi connectivity index (χ1n) is 8.75. The molecule has 0 saturated carbocycles. The van der Waals surface area contributed by atoms with Crippen LogP contribution in [-0.2, 0) is 18.1 Å². The fourth-order valence-corrected chi connectivity index (χ4v) is 13.4. The lowest BCUT2D eigenvalue weighted by molar-refractivity contribution is -0.137. The van der Waals surface area contributed by atoms with Gasteiger partial charge in [-0.15, -0.1) is 0 Å². The van der Waals surface area contributed by atoms with Crippen LogP contribution in [0.25, 0.3) is 0 Å². The molecule has 0 radical (unpaired) electrons. The van der Waals surface area contributed by atoms with Crippen molar-refractivity contribution in [2.45, 2.75) is 71.0 Å². The zero-order valence-electron chi connectivity index (χ0n) is 15.9. The van der Waals surface area contributed by atoms with Gasteiger partial charge in [-0.3, -0.25) is 0 Å². The third kappa shape index (κ3) is 12.8. The maximum absolute atomic E-state index is 11.0. The molecule has 4 nitrogen and oxygen atoms in total. The molecule has 0 spiro atoms. The SMILES string of the molecule is C=CC(=O)OCCC[SiH](C)CO[Si](C)(C)O[Si](C)(C)CCCC. The van der Waals surface area contributed by atoms with Crippen molar-refractivity contribution in [2.24, 2.45) is 0 Å². The number of hydrogen-bond donors (Lipinski definition) is 0. The maximum Gasteiger partial charge on any atom is 0.330 e. The van der Waals surface area contributed by atoms with E-state index in [-0.39, 0.29) is 5.97 Å². The number of hydrogen-bond acceptors (Lipinski definition) is 4. The smallest absolute Gasteiger partial charge is 0.330 e. The average Bonchev–Trinajstić information content (AvgIpc) is 2.46. The van der Waals surface area contributed by atoms with Gasteiger partial charge in [0.25, 0.3) is 0 Å². The summed E-state index contributed by atoms with van der Waals surface area (Å²) in [5.41, 5.74) is 0. The summed E-state index contributed by atoms with van der Waals surface area (Å²) in [6.45, 7) is 17.3. The minimum absolute atomic E-state index is 0.336. The monoisotopic (exact) mass is 376 g/mol. The lowest BCUT2D eigenvalue weighted by Crippen LogP contribution is -2.47. The van der Waals surface area contributed by atoms with E-state index in [0.29, 0.717) is 6.61 Å². The molecule has 0 aromatic rings. The summed E-state index contributed by atoms with van der Waals surface area (Å²) < 4.78 is 17.6. The number of unbranched alkanes of at least 4 members (excludes halogenated alkanes) is 1. The van der Waals surface area contributed by atoms with E-state index in [1.807, 2.05) is 0 Å². The summed E-state index contributed by atoms with van der Waals surface area (Å²) in [7, 11) is -4.55. The number of rotatable bonds is 13. The first kappa shape index (κ1) is 22.8. The topological polar surface area (TPSA) is 44.8 Å². The van der Waals surface area contributed by atoms with E-state index in [4.69, 9.17) is 13.3 Å². The number of esters is 1. The Balaban J connectivity index is 4.02. The lowest BCUT2D eigenvalue weighted by atomic mass is 10.4. The van der Waals surface area contributed by atoms with Crippen LogP contribution >= 0.6 is 0 Å². The minimum atomic E-state index is -2.02.